The zero-order chi connectivity index (χ0) is 14.7. The van der Waals surface area contributed by atoms with Crippen molar-refractivity contribution in [2.24, 2.45) is 13.0 Å². The molecule has 1 amide bonds. The molecular formula is C14H23N3O2S. The third-order valence-electron chi connectivity index (χ3n) is 3.93. The summed E-state index contributed by atoms with van der Waals surface area (Å²) >= 11 is 1.46. The van der Waals surface area contributed by atoms with Gasteiger partial charge in [-0.1, -0.05) is 18.7 Å². The fraction of sp³-hybridized carbons (Fsp3) is 0.714. The molecule has 0 aliphatic carbocycles. The molecule has 1 fully saturated rings. The Balaban J connectivity index is 1.95. The second kappa shape index (κ2) is 6.63. The number of hydrogen-bond donors (Lipinski definition) is 1. The number of carbonyl (C=O) groups is 1. The van der Waals surface area contributed by atoms with Gasteiger partial charge in [-0.05, 0) is 25.7 Å². The van der Waals surface area contributed by atoms with Crippen LogP contribution in [0.25, 0.3) is 0 Å². The van der Waals surface area contributed by atoms with Crippen molar-refractivity contribution < 1.29 is 9.90 Å². The highest BCUT2D eigenvalue weighted by atomic mass is 32.2. The van der Waals surface area contributed by atoms with E-state index < -0.39 is 0 Å². The quantitative estimate of drug-likeness (QED) is 0.859. The van der Waals surface area contributed by atoms with E-state index in [-0.39, 0.29) is 17.8 Å². The summed E-state index contributed by atoms with van der Waals surface area (Å²) in [7, 11) is 1.86. The molecule has 0 aromatic carbocycles. The van der Waals surface area contributed by atoms with Crippen LogP contribution in [0.4, 0.5) is 0 Å². The van der Waals surface area contributed by atoms with Crippen LogP contribution in [0.1, 0.15) is 32.4 Å². The zero-order valence-corrected chi connectivity index (χ0v) is 13.2. The third-order valence-corrected chi connectivity index (χ3v) is 5.07. The van der Waals surface area contributed by atoms with Crippen LogP contribution in [-0.2, 0) is 18.4 Å². The van der Waals surface area contributed by atoms with E-state index in [1.165, 1.54) is 11.8 Å². The molecule has 2 heterocycles. The Morgan fingerprint density at radius 3 is 2.75 bits per heavy atom. The summed E-state index contributed by atoms with van der Waals surface area (Å²) < 4.78 is 1.84. The SMILES string of the molecule is CC1CCN(C(=O)[C@@H](C)Sc2ncc(CO)n2C)CC1. The first-order valence-electron chi connectivity index (χ1n) is 7.09. The summed E-state index contributed by atoms with van der Waals surface area (Å²) in [6.07, 6.45) is 3.85. The van der Waals surface area contributed by atoms with E-state index in [2.05, 4.69) is 11.9 Å². The number of amides is 1. The van der Waals surface area contributed by atoms with Gasteiger partial charge in [0.1, 0.15) is 0 Å². The second-order valence-electron chi connectivity index (χ2n) is 5.52. The van der Waals surface area contributed by atoms with Gasteiger partial charge in [0.2, 0.25) is 5.91 Å². The minimum absolute atomic E-state index is 0.0313. The highest BCUT2D eigenvalue weighted by Crippen LogP contribution is 2.25. The average Bonchev–Trinajstić information content (AvgIpc) is 2.79. The molecule has 5 nitrogen and oxygen atoms in total. The van der Waals surface area contributed by atoms with Crippen molar-refractivity contribution in [3.05, 3.63) is 11.9 Å². The number of likely N-dealkylation sites (tertiary alicyclic amines) is 1. The molecule has 1 aromatic rings. The number of nitrogens with zero attached hydrogens (tertiary/aromatic N) is 3. The van der Waals surface area contributed by atoms with Crippen LogP contribution in [0, 0.1) is 5.92 Å². The number of aromatic nitrogens is 2. The largest absolute Gasteiger partial charge is 0.390 e. The highest BCUT2D eigenvalue weighted by Gasteiger charge is 2.26. The van der Waals surface area contributed by atoms with Gasteiger partial charge >= 0.3 is 0 Å². The number of hydrogen-bond acceptors (Lipinski definition) is 4. The highest BCUT2D eigenvalue weighted by molar-refractivity contribution is 8.00. The Bertz CT molecular complexity index is 467. The predicted molar refractivity (Wildman–Crippen MR) is 79.4 cm³/mol. The molecule has 1 atom stereocenters. The zero-order valence-electron chi connectivity index (χ0n) is 12.4. The summed E-state index contributed by atoms with van der Waals surface area (Å²) in [6, 6.07) is 0. The maximum Gasteiger partial charge on any atom is 0.235 e. The molecule has 0 radical (unpaired) electrons. The summed E-state index contributed by atoms with van der Waals surface area (Å²) in [6.45, 7) is 5.87. The Morgan fingerprint density at radius 2 is 2.20 bits per heavy atom. The van der Waals surface area contributed by atoms with Gasteiger partial charge in [-0.15, -0.1) is 0 Å². The number of aliphatic hydroxyl groups excluding tert-OH is 1. The van der Waals surface area contributed by atoms with E-state index in [1.54, 1.807) is 6.20 Å². The maximum atomic E-state index is 12.4. The van der Waals surface area contributed by atoms with E-state index in [0.29, 0.717) is 0 Å². The van der Waals surface area contributed by atoms with Crippen LogP contribution in [0.3, 0.4) is 0 Å². The van der Waals surface area contributed by atoms with Gasteiger partial charge in [-0.25, -0.2) is 4.98 Å². The number of carbonyl (C=O) groups excluding carboxylic acids is 1. The van der Waals surface area contributed by atoms with Crippen LogP contribution >= 0.6 is 11.8 Å². The number of imidazole rings is 1. The first-order chi connectivity index (χ1) is 9.52. The van der Waals surface area contributed by atoms with E-state index in [4.69, 9.17) is 5.11 Å². The smallest absolute Gasteiger partial charge is 0.235 e. The summed E-state index contributed by atoms with van der Waals surface area (Å²) in [5.41, 5.74) is 0.763. The number of thioether (sulfide) groups is 1. The van der Waals surface area contributed by atoms with Crippen LogP contribution in [0.5, 0.6) is 0 Å². The molecule has 1 aliphatic heterocycles. The molecule has 0 saturated carbocycles. The topological polar surface area (TPSA) is 58.4 Å². The lowest BCUT2D eigenvalue weighted by Gasteiger charge is -2.31. The van der Waals surface area contributed by atoms with Crippen molar-refractivity contribution in [2.45, 2.75) is 43.7 Å². The molecule has 0 spiro atoms. The molecule has 1 aliphatic rings. The van der Waals surface area contributed by atoms with Gasteiger partial charge in [0.25, 0.3) is 0 Å². The monoisotopic (exact) mass is 297 g/mol. The van der Waals surface area contributed by atoms with Crippen molar-refractivity contribution >= 4 is 17.7 Å². The lowest BCUT2D eigenvalue weighted by Crippen LogP contribution is -2.41. The maximum absolute atomic E-state index is 12.4. The second-order valence-corrected chi connectivity index (χ2v) is 6.83. The molecule has 1 saturated heterocycles. The molecule has 6 heteroatoms. The minimum atomic E-state index is -0.143. The van der Waals surface area contributed by atoms with Crippen molar-refractivity contribution in [3.8, 4) is 0 Å². The molecule has 0 bridgehead atoms. The Kier molecular flexibility index (Phi) is 5.10. The van der Waals surface area contributed by atoms with E-state index in [0.717, 1.165) is 42.7 Å². The van der Waals surface area contributed by atoms with Gasteiger partial charge in [-0.3, -0.25) is 4.79 Å². The first kappa shape index (κ1) is 15.4. The lowest BCUT2D eigenvalue weighted by atomic mass is 9.99. The normalized spacial score (nSPS) is 18.3. The summed E-state index contributed by atoms with van der Waals surface area (Å²) in [5, 5.41) is 9.79. The molecule has 0 unspecified atom stereocenters. The number of aliphatic hydroxyl groups is 1. The third kappa shape index (κ3) is 3.35. The van der Waals surface area contributed by atoms with E-state index in [9.17, 15) is 4.79 Å². The Hall–Kier alpha value is -1.01. The van der Waals surface area contributed by atoms with E-state index in [1.807, 2.05) is 23.4 Å². The van der Waals surface area contributed by atoms with Crippen molar-refractivity contribution in [3.63, 3.8) is 0 Å². The summed E-state index contributed by atoms with van der Waals surface area (Å²) in [4.78, 5) is 18.6. The number of piperidine rings is 1. The summed E-state index contributed by atoms with van der Waals surface area (Å²) in [5.74, 6) is 0.916. The van der Waals surface area contributed by atoms with Crippen molar-refractivity contribution in [1.29, 1.82) is 0 Å². The fourth-order valence-corrected chi connectivity index (χ4v) is 3.33. The van der Waals surface area contributed by atoms with Crippen LogP contribution < -0.4 is 0 Å². The Morgan fingerprint density at radius 1 is 1.55 bits per heavy atom. The van der Waals surface area contributed by atoms with Gasteiger partial charge in [-0.2, -0.15) is 0 Å². The first-order valence-corrected chi connectivity index (χ1v) is 7.97. The average molecular weight is 297 g/mol. The van der Waals surface area contributed by atoms with Crippen molar-refractivity contribution in [2.75, 3.05) is 13.1 Å². The van der Waals surface area contributed by atoms with Crippen LogP contribution in [0.2, 0.25) is 0 Å². The minimum Gasteiger partial charge on any atom is -0.390 e. The molecule has 112 valence electrons. The molecule has 1 N–H and O–H groups in total. The van der Waals surface area contributed by atoms with E-state index >= 15 is 0 Å². The standard InChI is InChI=1S/C14H23N3O2S/c1-10-4-6-17(7-5-10)13(19)11(2)20-14-15-8-12(9-18)16(14)3/h8,10-11,18H,4-7,9H2,1-3H3/t11-/m1/s1. The lowest BCUT2D eigenvalue weighted by molar-refractivity contribution is -0.131. The van der Waals surface area contributed by atoms with Gasteiger partial charge < -0.3 is 14.6 Å². The fourth-order valence-electron chi connectivity index (χ4n) is 2.38. The molecule has 20 heavy (non-hydrogen) atoms. The predicted octanol–water partition coefficient (Wildman–Crippen LogP) is 1.65. The molecule has 1 aromatic heterocycles. The van der Waals surface area contributed by atoms with Crippen LogP contribution in [-0.4, -0.2) is 43.8 Å². The van der Waals surface area contributed by atoms with Gasteiger partial charge in [0, 0.05) is 20.1 Å². The Labute approximate surface area is 124 Å². The molecular weight excluding hydrogens is 274 g/mol. The van der Waals surface area contributed by atoms with Gasteiger partial charge in [0.15, 0.2) is 5.16 Å². The van der Waals surface area contributed by atoms with Crippen LogP contribution in [0.15, 0.2) is 11.4 Å². The van der Waals surface area contributed by atoms with Gasteiger partial charge in [0.05, 0.1) is 23.7 Å². The number of rotatable bonds is 4. The van der Waals surface area contributed by atoms with Crippen molar-refractivity contribution in [1.82, 2.24) is 14.5 Å². The molecule has 2 rings (SSSR count).